The molecule has 0 atom stereocenters. The molecule has 0 spiro atoms. The Hall–Kier alpha value is -3.95. The fourth-order valence-electron chi connectivity index (χ4n) is 3.87. The van der Waals surface area contributed by atoms with Gasteiger partial charge >= 0.3 is 0 Å². The molecule has 0 saturated carbocycles. The molecule has 180 valence electrons. The van der Waals surface area contributed by atoms with Crippen LogP contribution in [0.3, 0.4) is 0 Å². The van der Waals surface area contributed by atoms with E-state index in [-0.39, 0.29) is 16.5 Å². The van der Waals surface area contributed by atoms with Gasteiger partial charge in [0.25, 0.3) is 10.0 Å². The Kier molecular flexibility index (Phi) is 6.11. The summed E-state index contributed by atoms with van der Waals surface area (Å²) >= 11 is 6.58. The number of aromatic nitrogens is 3. The number of hydrogen-bond acceptors (Lipinski definition) is 5. The van der Waals surface area contributed by atoms with E-state index in [4.69, 9.17) is 11.6 Å². The van der Waals surface area contributed by atoms with Crippen molar-refractivity contribution in [3.05, 3.63) is 101 Å². The van der Waals surface area contributed by atoms with Gasteiger partial charge in [0.1, 0.15) is 23.8 Å². The maximum absolute atomic E-state index is 13.7. The van der Waals surface area contributed by atoms with Crippen LogP contribution in [0.4, 0.5) is 14.6 Å². The van der Waals surface area contributed by atoms with E-state index in [1.54, 1.807) is 24.3 Å². The van der Waals surface area contributed by atoms with Crippen molar-refractivity contribution in [2.24, 2.45) is 0 Å². The quantitative estimate of drug-likeness (QED) is 0.289. The minimum Gasteiger partial charge on any atom is -0.263 e. The van der Waals surface area contributed by atoms with Crippen LogP contribution >= 0.6 is 11.6 Å². The van der Waals surface area contributed by atoms with E-state index in [1.165, 1.54) is 36.7 Å². The highest BCUT2D eigenvalue weighted by Gasteiger charge is 2.18. The third kappa shape index (κ3) is 4.62. The van der Waals surface area contributed by atoms with E-state index in [2.05, 4.69) is 19.7 Å². The zero-order valence-electron chi connectivity index (χ0n) is 18.7. The number of aryl methyl sites for hydroxylation is 1. The van der Waals surface area contributed by atoms with Crippen molar-refractivity contribution in [2.45, 2.75) is 11.8 Å². The summed E-state index contributed by atoms with van der Waals surface area (Å²) in [5.41, 5.74) is 3.89. The Morgan fingerprint density at radius 1 is 0.861 bits per heavy atom. The van der Waals surface area contributed by atoms with Crippen LogP contribution in [0.5, 0.6) is 0 Å². The summed E-state index contributed by atoms with van der Waals surface area (Å²) in [6.07, 6.45) is 2.27. The average Bonchev–Trinajstić information content (AvgIpc) is 2.86. The second-order valence-electron chi connectivity index (χ2n) is 8.03. The SMILES string of the molecule is Cc1cc(-c2cccc(F)c2)c(Cl)cc1-c1ncnc2cc(S(=O)(=O)Nc3ccc(F)cn3)ccc12. The van der Waals surface area contributed by atoms with Crippen molar-refractivity contribution in [3.63, 3.8) is 0 Å². The molecule has 36 heavy (non-hydrogen) atoms. The van der Waals surface area contributed by atoms with E-state index < -0.39 is 15.8 Å². The molecule has 5 rings (SSSR count). The summed E-state index contributed by atoms with van der Waals surface area (Å²) in [6.45, 7) is 1.89. The molecule has 10 heteroatoms. The molecule has 0 aliphatic carbocycles. The first-order valence-corrected chi connectivity index (χ1v) is 12.5. The maximum atomic E-state index is 13.7. The van der Waals surface area contributed by atoms with Gasteiger partial charge in [0.2, 0.25) is 0 Å². The monoisotopic (exact) mass is 522 g/mol. The molecule has 0 aliphatic rings. The van der Waals surface area contributed by atoms with Gasteiger partial charge in [-0.3, -0.25) is 4.72 Å². The molecule has 1 N–H and O–H groups in total. The summed E-state index contributed by atoms with van der Waals surface area (Å²) in [7, 11) is -4.00. The van der Waals surface area contributed by atoms with Gasteiger partial charge in [0.15, 0.2) is 0 Å². The molecular weight excluding hydrogens is 506 g/mol. The van der Waals surface area contributed by atoms with Gasteiger partial charge in [-0.1, -0.05) is 23.7 Å². The van der Waals surface area contributed by atoms with Crippen LogP contribution in [-0.4, -0.2) is 23.4 Å². The van der Waals surface area contributed by atoms with Crippen LogP contribution in [0.2, 0.25) is 5.02 Å². The molecule has 2 heterocycles. The smallest absolute Gasteiger partial charge is 0.263 e. The van der Waals surface area contributed by atoms with Crippen molar-refractivity contribution in [1.29, 1.82) is 0 Å². The van der Waals surface area contributed by atoms with E-state index in [1.807, 2.05) is 13.0 Å². The number of rotatable bonds is 5. The van der Waals surface area contributed by atoms with Crippen LogP contribution in [0.1, 0.15) is 5.56 Å². The van der Waals surface area contributed by atoms with Gasteiger partial charge in [-0.25, -0.2) is 32.2 Å². The Morgan fingerprint density at radius 3 is 2.44 bits per heavy atom. The van der Waals surface area contributed by atoms with E-state index in [0.29, 0.717) is 32.7 Å². The summed E-state index contributed by atoms with van der Waals surface area (Å²) in [4.78, 5) is 12.4. The molecule has 0 radical (unpaired) electrons. The molecule has 0 unspecified atom stereocenters. The zero-order chi connectivity index (χ0) is 25.4. The number of pyridine rings is 1. The fourth-order valence-corrected chi connectivity index (χ4v) is 5.17. The van der Waals surface area contributed by atoms with Crippen LogP contribution in [-0.2, 0) is 10.0 Å². The summed E-state index contributed by atoms with van der Waals surface area (Å²) in [5.74, 6) is -0.946. The lowest BCUT2D eigenvalue weighted by Crippen LogP contribution is -2.14. The van der Waals surface area contributed by atoms with Crippen molar-refractivity contribution in [1.82, 2.24) is 15.0 Å². The summed E-state index contributed by atoms with van der Waals surface area (Å²) < 4.78 is 54.8. The van der Waals surface area contributed by atoms with Crippen LogP contribution in [0.25, 0.3) is 33.3 Å². The predicted octanol–water partition coefficient (Wildman–Crippen LogP) is 6.40. The molecule has 6 nitrogen and oxygen atoms in total. The van der Waals surface area contributed by atoms with Crippen molar-refractivity contribution in [2.75, 3.05) is 4.72 Å². The van der Waals surface area contributed by atoms with Gasteiger partial charge < -0.3 is 0 Å². The Bertz CT molecular complexity index is 1730. The third-order valence-corrected chi connectivity index (χ3v) is 7.25. The van der Waals surface area contributed by atoms with Crippen LogP contribution in [0, 0.1) is 18.6 Å². The number of benzene rings is 3. The number of anilines is 1. The number of sulfonamides is 1. The number of nitrogens with zero attached hydrogens (tertiary/aromatic N) is 3. The molecule has 0 amide bonds. The largest absolute Gasteiger partial charge is 0.263 e. The zero-order valence-corrected chi connectivity index (χ0v) is 20.3. The lowest BCUT2D eigenvalue weighted by Gasteiger charge is -2.13. The molecule has 3 aromatic carbocycles. The Labute approximate surface area is 210 Å². The first-order chi connectivity index (χ1) is 17.2. The molecule has 5 aromatic rings. The first kappa shape index (κ1) is 23.8. The lowest BCUT2D eigenvalue weighted by atomic mass is 9.96. The second kappa shape index (κ2) is 9.25. The Balaban J connectivity index is 1.54. The average molecular weight is 523 g/mol. The predicted molar refractivity (Wildman–Crippen MR) is 135 cm³/mol. The molecule has 0 bridgehead atoms. The van der Waals surface area contributed by atoms with Crippen molar-refractivity contribution >= 4 is 38.3 Å². The van der Waals surface area contributed by atoms with Crippen LogP contribution in [0.15, 0.2) is 84.1 Å². The molecular formula is C26H17ClF2N4O2S. The van der Waals surface area contributed by atoms with Crippen molar-refractivity contribution in [3.8, 4) is 22.4 Å². The van der Waals surface area contributed by atoms with E-state index in [9.17, 15) is 17.2 Å². The van der Waals surface area contributed by atoms with Gasteiger partial charge in [-0.15, -0.1) is 0 Å². The van der Waals surface area contributed by atoms with Gasteiger partial charge in [-0.05, 0) is 72.6 Å². The fraction of sp³-hybridized carbons (Fsp3) is 0.0385. The highest BCUT2D eigenvalue weighted by Crippen LogP contribution is 2.37. The Morgan fingerprint density at radius 2 is 1.69 bits per heavy atom. The number of hydrogen-bond donors (Lipinski definition) is 1. The standard InChI is InChI=1S/C26H17ClF2N4O2S/c1-15-9-22(16-3-2-4-17(28)10-16)23(27)12-21(15)26-20-7-6-19(11-24(20)31-14-32-26)36(34,35)33-25-8-5-18(29)13-30-25/h2-14H,1H3,(H,30,33). The number of nitrogens with one attached hydrogen (secondary N) is 1. The minimum atomic E-state index is -4.00. The third-order valence-electron chi connectivity index (χ3n) is 5.59. The topological polar surface area (TPSA) is 84.8 Å². The second-order valence-corrected chi connectivity index (χ2v) is 10.1. The summed E-state index contributed by atoms with van der Waals surface area (Å²) in [5, 5.41) is 1.04. The molecule has 0 fully saturated rings. The molecule has 0 aliphatic heterocycles. The maximum Gasteiger partial charge on any atom is 0.263 e. The summed E-state index contributed by atoms with van der Waals surface area (Å²) in [6, 6.07) is 16.6. The van der Waals surface area contributed by atoms with E-state index in [0.717, 1.165) is 23.4 Å². The van der Waals surface area contributed by atoms with E-state index >= 15 is 0 Å². The highest BCUT2D eigenvalue weighted by atomic mass is 35.5. The highest BCUT2D eigenvalue weighted by molar-refractivity contribution is 7.92. The lowest BCUT2D eigenvalue weighted by molar-refractivity contribution is 0.600. The van der Waals surface area contributed by atoms with Gasteiger partial charge in [0, 0.05) is 21.5 Å². The van der Waals surface area contributed by atoms with Crippen LogP contribution < -0.4 is 4.72 Å². The first-order valence-electron chi connectivity index (χ1n) is 10.7. The van der Waals surface area contributed by atoms with Gasteiger partial charge in [-0.2, -0.15) is 0 Å². The normalized spacial score (nSPS) is 11.6. The number of fused-ring (bicyclic) bond motifs is 1. The molecule has 0 saturated heterocycles. The number of halogens is 3. The van der Waals surface area contributed by atoms with Crippen molar-refractivity contribution < 1.29 is 17.2 Å². The molecule has 2 aromatic heterocycles. The van der Waals surface area contributed by atoms with Gasteiger partial charge in [0.05, 0.1) is 22.3 Å². The minimum absolute atomic E-state index is 0.0106.